The fourth-order valence-electron chi connectivity index (χ4n) is 2.36. The predicted molar refractivity (Wildman–Crippen MR) is 96.7 cm³/mol. The van der Waals surface area contributed by atoms with Gasteiger partial charge < -0.3 is 0 Å². The van der Waals surface area contributed by atoms with E-state index in [1.807, 2.05) is 26.0 Å². The lowest BCUT2D eigenvalue weighted by Crippen LogP contribution is -2.40. The molecule has 0 aliphatic carbocycles. The second kappa shape index (κ2) is 8.22. The van der Waals surface area contributed by atoms with Gasteiger partial charge in [0.05, 0.1) is 0 Å². The average molecular weight is 401 g/mol. The van der Waals surface area contributed by atoms with Crippen LogP contribution < -0.4 is 0 Å². The lowest BCUT2D eigenvalue weighted by molar-refractivity contribution is -0.0488. The summed E-state index contributed by atoms with van der Waals surface area (Å²) in [5.41, 5.74) is -2.32. The number of rotatable bonds is 6. The van der Waals surface area contributed by atoms with E-state index in [2.05, 4.69) is 0 Å². The fraction of sp³-hybridized carbons (Fsp3) is 0.263. The molecule has 2 rings (SSSR count). The van der Waals surface area contributed by atoms with E-state index in [1.165, 1.54) is 18.2 Å². The molecule has 0 fully saturated rings. The van der Waals surface area contributed by atoms with Crippen LogP contribution in [-0.4, -0.2) is 24.8 Å². The Labute approximate surface area is 156 Å². The number of aryl methyl sites for hydroxylation is 2. The summed E-state index contributed by atoms with van der Waals surface area (Å²) in [5, 5.41) is 0. The van der Waals surface area contributed by atoms with E-state index in [-0.39, 0.29) is 5.56 Å². The molecule has 2 aromatic carbocycles. The van der Waals surface area contributed by atoms with Gasteiger partial charge in [0.15, 0.2) is 0 Å². The molecule has 0 aromatic heterocycles. The highest BCUT2D eigenvalue weighted by Crippen LogP contribution is 2.28. The molecule has 0 spiro atoms. The van der Waals surface area contributed by atoms with E-state index in [9.17, 15) is 26.0 Å². The highest BCUT2D eigenvalue weighted by Gasteiger charge is 2.49. The van der Waals surface area contributed by atoms with E-state index in [4.69, 9.17) is 0 Å². The van der Waals surface area contributed by atoms with Crippen LogP contribution in [0.15, 0.2) is 48.5 Å². The van der Waals surface area contributed by atoms with Gasteiger partial charge in [0.2, 0.25) is 0 Å². The standard InChI is InChI=1S/C19H19F4NO2S/c1-14-5-6-16(12-15(14)2)4-3-11-24(27(25,26)19(21,22)23)13-17-7-9-18(20)10-8-17/h3-10,12H,11,13H2,1-2H3/b4-3+. The van der Waals surface area contributed by atoms with Crippen LogP contribution in [0.4, 0.5) is 17.6 Å². The molecular weight excluding hydrogens is 382 g/mol. The average Bonchev–Trinajstić information content (AvgIpc) is 2.58. The number of sulfonamides is 1. The SMILES string of the molecule is Cc1ccc(/C=C/CN(Cc2ccc(F)cc2)S(=O)(=O)C(F)(F)F)cc1C. The van der Waals surface area contributed by atoms with E-state index < -0.39 is 34.4 Å². The minimum Gasteiger partial charge on any atom is -0.207 e. The van der Waals surface area contributed by atoms with E-state index in [0.717, 1.165) is 28.8 Å². The smallest absolute Gasteiger partial charge is 0.207 e. The first-order valence-electron chi connectivity index (χ1n) is 8.05. The van der Waals surface area contributed by atoms with Gasteiger partial charge in [-0.3, -0.25) is 0 Å². The van der Waals surface area contributed by atoms with Crippen LogP contribution in [0.2, 0.25) is 0 Å². The van der Waals surface area contributed by atoms with Crippen molar-refractivity contribution < 1.29 is 26.0 Å². The van der Waals surface area contributed by atoms with Gasteiger partial charge in [-0.1, -0.05) is 42.5 Å². The van der Waals surface area contributed by atoms with Crippen molar-refractivity contribution in [2.24, 2.45) is 0 Å². The summed E-state index contributed by atoms with van der Waals surface area (Å²) in [6, 6.07) is 10.2. The van der Waals surface area contributed by atoms with Crippen molar-refractivity contribution in [2.75, 3.05) is 6.54 Å². The molecule has 2 aromatic rings. The third-order valence-electron chi connectivity index (χ3n) is 4.05. The number of hydrogen-bond acceptors (Lipinski definition) is 2. The zero-order valence-corrected chi connectivity index (χ0v) is 15.6. The van der Waals surface area contributed by atoms with Crippen LogP contribution in [-0.2, 0) is 16.6 Å². The molecule has 3 nitrogen and oxygen atoms in total. The first-order valence-corrected chi connectivity index (χ1v) is 9.49. The Morgan fingerprint density at radius 1 is 1.00 bits per heavy atom. The number of alkyl halides is 3. The highest BCUT2D eigenvalue weighted by molar-refractivity contribution is 7.89. The minimum absolute atomic E-state index is 0.254. The van der Waals surface area contributed by atoms with Crippen LogP contribution in [0.1, 0.15) is 22.3 Å². The molecular formula is C19H19F4NO2S. The van der Waals surface area contributed by atoms with Crippen LogP contribution in [0.5, 0.6) is 0 Å². The maximum absolute atomic E-state index is 13.0. The van der Waals surface area contributed by atoms with Gasteiger partial charge in [-0.2, -0.15) is 17.5 Å². The Morgan fingerprint density at radius 2 is 1.63 bits per heavy atom. The third kappa shape index (κ3) is 5.40. The number of hydrogen-bond donors (Lipinski definition) is 0. The Morgan fingerprint density at radius 3 is 2.19 bits per heavy atom. The van der Waals surface area contributed by atoms with Crippen LogP contribution >= 0.6 is 0 Å². The van der Waals surface area contributed by atoms with Gasteiger partial charge >= 0.3 is 15.5 Å². The van der Waals surface area contributed by atoms with Crippen LogP contribution in [0.25, 0.3) is 6.08 Å². The lowest BCUT2D eigenvalue weighted by Gasteiger charge is -2.22. The molecule has 0 heterocycles. The summed E-state index contributed by atoms with van der Waals surface area (Å²) in [6.07, 6.45) is 2.92. The minimum atomic E-state index is -5.53. The molecule has 0 unspecified atom stereocenters. The fourth-order valence-corrected chi connectivity index (χ4v) is 3.26. The summed E-state index contributed by atoms with van der Waals surface area (Å²) in [7, 11) is -5.53. The van der Waals surface area contributed by atoms with Crippen molar-refractivity contribution in [3.63, 3.8) is 0 Å². The van der Waals surface area contributed by atoms with E-state index in [0.29, 0.717) is 4.31 Å². The monoisotopic (exact) mass is 401 g/mol. The number of nitrogens with zero attached hydrogens (tertiary/aromatic N) is 1. The largest absolute Gasteiger partial charge is 0.511 e. The first-order chi connectivity index (χ1) is 12.5. The number of benzene rings is 2. The van der Waals surface area contributed by atoms with Gasteiger partial charge in [-0.05, 0) is 48.2 Å². The maximum Gasteiger partial charge on any atom is 0.511 e. The van der Waals surface area contributed by atoms with Gasteiger partial charge in [-0.25, -0.2) is 12.8 Å². The maximum atomic E-state index is 13.0. The lowest BCUT2D eigenvalue weighted by atomic mass is 10.1. The summed E-state index contributed by atoms with van der Waals surface area (Å²) >= 11 is 0. The van der Waals surface area contributed by atoms with Crippen LogP contribution in [0, 0.1) is 19.7 Å². The summed E-state index contributed by atoms with van der Waals surface area (Å²) in [5.74, 6) is -0.557. The van der Waals surface area contributed by atoms with Gasteiger partial charge in [-0.15, -0.1) is 0 Å². The first kappa shape index (κ1) is 21.1. The zero-order chi connectivity index (χ0) is 20.2. The second-order valence-electron chi connectivity index (χ2n) is 6.12. The normalized spacial score (nSPS) is 12.9. The van der Waals surface area contributed by atoms with Crippen molar-refractivity contribution in [1.29, 1.82) is 0 Å². The van der Waals surface area contributed by atoms with Crippen molar-refractivity contribution in [3.8, 4) is 0 Å². The molecule has 0 saturated carbocycles. The molecule has 8 heteroatoms. The molecule has 0 atom stereocenters. The molecule has 146 valence electrons. The second-order valence-corrected chi connectivity index (χ2v) is 8.05. The van der Waals surface area contributed by atoms with Crippen molar-refractivity contribution >= 4 is 16.1 Å². The molecule has 0 aliphatic rings. The third-order valence-corrected chi connectivity index (χ3v) is 5.60. The highest BCUT2D eigenvalue weighted by atomic mass is 32.2. The van der Waals surface area contributed by atoms with Crippen LogP contribution in [0.3, 0.4) is 0 Å². The van der Waals surface area contributed by atoms with Gasteiger partial charge in [0, 0.05) is 13.1 Å². The Bertz CT molecular complexity index is 920. The molecule has 0 bridgehead atoms. The predicted octanol–water partition coefficient (Wildman–Crippen LogP) is 4.81. The zero-order valence-electron chi connectivity index (χ0n) is 14.8. The summed E-state index contributed by atoms with van der Waals surface area (Å²) in [4.78, 5) is 0. The van der Waals surface area contributed by atoms with Gasteiger partial charge in [0.1, 0.15) is 5.82 Å². The molecule has 0 radical (unpaired) electrons. The topological polar surface area (TPSA) is 37.4 Å². The molecule has 0 N–H and O–H groups in total. The molecule has 27 heavy (non-hydrogen) atoms. The summed E-state index contributed by atoms with van der Waals surface area (Å²) in [6.45, 7) is 2.86. The van der Waals surface area contributed by atoms with Gasteiger partial charge in [0.25, 0.3) is 0 Å². The molecule has 0 aliphatic heterocycles. The summed E-state index contributed by atoms with van der Waals surface area (Å²) < 4.78 is 76.0. The van der Waals surface area contributed by atoms with E-state index >= 15 is 0 Å². The Hall–Kier alpha value is -2.19. The number of halogens is 4. The Balaban J connectivity index is 2.25. The van der Waals surface area contributed by atoms with E-state index in [1.54, 1.807) is 12.1 Å². The Kier molecular flexibility index (Phi) is 6.43. The van der Waals surface area contributed by atoms with Crippen molar-refractivity contribution in [1.82, 2.24) is 4.31 Å². The van der Waals surface area contributed by atoms with Crippen molar-refractivity contribution in [2.45, 2.75) is 25.9 Å². The molecule has 0 saturated heterocycles. The van der Waals surface area contributed by atoms with Crippen molar-refractivity contribution in [3.05, 3.63) is 76.6 Å². The quantitative estimate of drug-likeness (QED) is 0.652. The molecule has 0 amide bonds.